The van der Waals surface area contributed by atoms with Gasteiger partial charge in [0.25, 0.3) is 0 Å². The first-order valence-corrected chi connectivity index (χ1v) is 7.02. The minimum atomic E-state index is 0.137. The smallest absolute Gasteiger partial charge is 0.125 e. The van der Waals surface area contributed by atoms with Gasteiger partial charge in [-0.1, -0.05) is 24.3 Å². The van der Waals surface area contributed by atoms with E-state index in [2.05, 4.69) is 36.2 Å². The number of hydrogen-bond acceptors (Lipinski definition) is 3. The molecule has 0 saturated carbocycles. The molecule has 0 aliphatic rings. The number of aryl methyl sites for hydroxylation is 1. The molecule has 0 aliphatic heterocycles. The summed E-state index contributed by atoms with van der Waals surface area (Å²) in [6.07, 6.45) is 5.36. The molecule has 0 amide bonds. The average molecular weight is 270 g/mol. The van der Waals surface area contributed by atoms with Gasteiger partial charge in [0.1, 0.15) is 5.75 Å². The first-order valence-electron chi connectivity index (χ1n) is 7.02. The molecular formula is C17H22N2O. The van der Waals surface area contributed by atoms with Crippen LogP contribution in [-0.2, 0) is 12.8 Å². The maximum atomic E-state index is 5.99. The zero-order chi connectivity index (χ0) is 14.4. The van der Waals surface area contributed by atoms with Crippen LogP contribution in [0, 0.1) is 6.92 Å². The molecule has 20 heavy (non-hydrogen) atoms. The standard InChI is InChI=1S/C17H22N2O/c1-13-5-3-7-16(11-14(2)18)17(13)20-10-8-15-6-4-9-19-12-15/h3-7,9,12,14H,8,10-11,18H2,1-2H3. The van der Waals surface area contributed by atoms with Crippen molar-refractivity contribution in [3.63, 3.8) is 0 Å². The molecule has 2 aromatic rings. The normalized spacial score (nSPS) is 12.2. The second kappa shape index (κ2) is 7.06. The van der Waals surface area contributed by atoms with Gasteiger partial charge in [0.2, 0.25) is 0 Å². The fraction of sp³-hybridized carbons (Fsp3) is 0.353. The molecule has 106 valence electrons. The Kier molecular flexibility index (Phi) is 5.13. The summed E-state index contributed by atoms with van der Waals surface area (Å²) in [7, 11) is 0. The van der Waals surface area contributed by atoms with Crippen molar-refractivity contribution in [1.82, 2.24) is 4.98 Å². The van der Waals surface area contributed by atoms with Crippen LogP contribution in [0.1, 0.15) is 23.6 Å². The van der Waals surface area contributed by atoms with Crippen molar-refractivity contribution in [3.05, 3.63) is 59.4 Å². The third-order valence-corrected chi connectivity index (χ3v) is 3.20. The molecule has 2 rings (SSSR count). The lowest BCUT2D eigenvalue weighted by atomic mass is 10.0. The molecule has 3 heteroatoms. The molecule has 0 aliphatic carbocycles. The number of benzene rings is 1. The molecule has 0 saturated heterocycles. The van der Waals surface area contributed by atoms with Gasteiger partial charge < -0.3 is 10.5 Å². The first kappa shape index (κ1) is 14.5. The molecule has 1 unspecified atom stereocenters. The Bertz CT molecular complexity index is 538. The number of ether oxygens (including phenoxy) is 1. The summed E-state index contributed by atoms with van der Waals surface area (Å²) in [5.74, 6) is 0.980. The lowest BCUT2D eigenvalue weighted by molar-refractivity contribution is 0.315. The highest BCUT2D eigenvalue weighted by Gasteiger charge is 2.08. The van der Waals surface area contributed by atoms with E-state index in [-0.39, 0.29) is 6.04 Å². The molecule has 0 radical (unpaired) electrons. The molecule has 1 heterocycles. The van der Waals surface area contributed by atoms with Gasteiger partial charge in [-0.25, -0.2) is 0 Å². The Morgan fingerprint density at radius 1 is 1.25 bits per heavy atom. The largest absolute Gasteiger partial charge is 0.493 e. The highest BCUT2D eigenvalue weighted by atomic mass is 16.5. The lowest BCUT2D eigenvalue weighted by Crippen LogP contribution is -2.18. The third kappa shape index (κ3) is 4.07. The SMILES string of the molecule is Cc1cccc(CC(C)N)c1OCCc1cccnc1. The van der Waals surface area contributed by atoms with Gasteiger partial charge in [-0.15, -0.1) is 0 Å². The van der Waals surface area contributed by atoms with E-state index < -0.39 is 0 Å². The highest BCUT2D eigenvalue weighted by Crippen LogP contribution is 2.24. The van der Waals surface area contributed by atoms with Crippen LogP contribution in [0.4, 0.5) is 0 Å². The van der Waals surface area contributed by atoms with Crippen molar-refractivity contribution in [2.75, 3.05) is 6.61 Å². The van der Waals surface area contributed by atoms with E-state index in [0.29, 0.717) is 6.61 Å². The van der Waals surface area contributed by atoms with Gasteiger partial charge >= 0.3 is 0 Å². The zero-order valence-electron chi connectivity index (χ0n) is 12.2. The summed E-state index contributed by atoms with van der Waals surface area (Å²) in [5, 5.41) is 0. The van der Waals surface area contributed by atoms with Crippen LogP contribution in [-0.4, -0.2) is 17.6 Å². The number of nitrogens with two attached hydrogens (primary N) is 1. The second-order valence-corrected chi connectivity index (χ2v) is 5.20. The van der Waals surface area contributed by atoms with E-state index in [4.69, 9.17) is 10.5 Å². The number of pyridine rings is 1. The van der Waals surface area contributed by atoms with E-state index >= 15 is 0 Å². The molecule has 1 aromatic heterocycles. The summed E-state index contributed by atoms with van der Waals surface area (Å²) in [6, 6.07) is 10.4. The molecule has 0 bridgehead atoms. The molecule has 0 fully saturated rings. The zero-order valence-corrected chi connectivity index (χ0v) is 12.2. The summed E-state index contributed by atoms with van der Waals surface area (Å²) in [5.41, 5.74) is 9.44. The average Bonchev–Trinajstić information content (AvgIpc) is 2.42. The van der Waals surface area contributed by atoms with Crippen molar-refractivity contribution in [2.45, 2.75) is 32.7 Å². The molecule has 1 aromatic carbocycles. The minimum Gasteiger partial charge on any atom is -0.493 e. The van der Waals surface area contributed by atoms with E-state index in [1.54, 1.807) is 6.20 Å². The van der Waals surface area contributed by atoms with E-state index in [9.17, 15) is 0 Å². The predicted octanol–water partition coefficient (Wildman–Crippen LogP) is 2.90. The molecular weight excluding hydrogens is 248 g/mol. The number of aromatic nitrogens is 1. The van der Waals surface area contributed by atoms with Crippen LogP contribution in [0.25, 0.3) is 0 Å². The van der Waals surface area contributed by atoms with Crippen molar-refractivity contribution in [3.8, 4) is 5.75 Å². The molecule has 0 spiro atoms. The summed E-state index contributed by atoms with van der Waals surface area (Å²) in [6.45, 7) is 4.74. The van der Waals surface area contributed by atoms with E-state index in [0.717, 1.165) is 24.2 Å². The Hall–Kier alpha value is -1.87. The third-order valence-electron chi connectivity index (χ3n) is 3.20. The topological polar surface area (TPSA) is 48.1 Å². The van der Waals surface area contributed by atoms with E-state index in [1.807, 2.05) is 19.2 Å². The summed E-state index contributed by atoms with van der Waals surface area (Å²) < 4.78 is 5.99. The summed E-state index contributed by atoms with van der Waals surface area (Å²) >= 11 is 0. The molecule has 3 nitrogen and oxygen atoms in total. The van der Waals surface area contributed by atoms with Crippen LogP contribution < -0.4 is 10.5 Å². The molecule has 1 atom stereocenters. The number of hydrogen-bond donors (Lipinski definition) is 1. The fourth-order valence-corrected chi connectivity index (χ4v) is 2.24. The van der Waals surface area contributed by atoms with Crippen LogP contribution in [0.5, 0.6) is 5.75 Å². The monoisotopic (exact) mass is 270 g/mol. The Morgan fingerprint density at radius 2 is 2.10 bits per heavy atom. The fourth-order valence-electron chi connectivity index (χ4n) is 2.24. The van der Waals surface area contributed by atoms with Crippen LogP contribution in [0.3, 0.4) is 0 Å². The first-order chi connectivity index (χ1) is 9.66. The number of para-hydroxylation sites is 1. The Labute approximate surface area is 120 Å². The predicted molar refractivity (Wildman–Crippen MR) is 82.0 cm³/mol. The Morgan fingerprint density at radius 3 is 2.80 bits per heavy atom. The van der Waals surface area contributed by atoms with Crippen molar-refractivity contribution < 1.29 is 4.74 Å². The quantitative estimate of drug-likeness (QED) is 0.878. The van der Waals surface area contributed by atoms with E-state index in [1.165, 1.54) is 11.1 Å². The van der Waals surface area contributed by atoms with Gasteiger partial charge in [0.05, 0.1) is 6.61 Å². The van der Waals surface area contributed by atoms with Crippen molar-refractivity contribution >= 4 is 0 Å². The van der Waals surface area contributed by atoms with Gasteiger partial charge in [0, 0.05) is 24.9 Å². The highest BCUT2D eigenvalue weighted by molar-refractivity contribution is 5.41. The van der Waals surface area contributed by atoms with Gasteiger partial charge in [0.15, 0.2) is 0 Å². The van der Waals surface area contributed by atoms with Crippen LogP contribution >= 0.6 is 0 Å². The maximum Gasteiger partial charge on any atom is 0.125 e. The Balaban J connectivity index is 2.01. The van der Waals surface area contributed by atoms with Crippen LogP contribution in [0.2, 0.25) is 0 Å². The maximum absolute atomic E-state index is 5.99. The van der Waals surface area contributed by atoms with Crippen LogP contribution in [0.15, 0.2) is 42.7 Å². The second-order valence-electron chi connectivity index (χ2n) is 5.20. The van der Waals surface area contributed by atoms with Gasteiger partial charge in [-0.05, 0) is 43.0 Å². The number of nitrogens with zero attached hydrogens (tertiary/aromatic N) is 1. The van der Waals surface area contributed by atoms with Crippen molar-refractivity contribution in [1.29, 1.82) is 0 Å². The molecule has 2 N–H and O–H groups in total. The number of rotatable bonds is 6. The van der Waals surface area contributed by atoms with Gasteiger partial charge in [-0.2, -0.15) is 0 Å². The van der Waals surface area contributed by atoms with Crippen molar-refractivity contribution in [2.24, 2.45) is 5.73 Å². The van der Waals surface area contributed by atoms with Gasteiger partial charge in [-0.3, -0.25) is 4.98 Å². The lowest BCUT2D eigenvalue weighted by Gasteiger charge is -2.15. The summed E-state index contributed by atoms with van der Waals surface area (Å²) in [4.78, 5) is 4.11. The minimum absolute atomic E-state index is 0.137.